The van der Waals surface area contributed by atoms with E-state index in [1.165, 1.54) is 16.1 Å². The first kappa shape index (κ1) is 21.6. The largest absolute Gasteiger partial charge is 0.377 e. The number of fused-ring (bicyclic) bond motifs is 7. The number of thiazole rings is 1. The number of aliphatic hydroxyl groups is 1. The Morgan fingerprint density at radius 2 is 2.06 bits per heavy atom. The van der Waals surface area contributed by atoms with Crippen molar-refractivity contribution in [2.24, 2.45) is 28.6 Å². The summed E-state index contributed by atoms with van der Waals surface area (Å²) in [6.07, 6.45) is 17.2. The van der Waals surface area contributed by atoms with Crippen molar-refractivity contribution >= 4 is 39.5 Å². The van der Waals surface area contributed by atoms with E-state index in [2.05, 4.69) is 36.1 Å². The predicted molar refractivity (Wildman–Crippen MR) is 134 cm³/mol. The topological polar surface area (TPSA) is 58.0 Å². The van der Waals surface area contributed by atoms with Crippen LogP contribution < -0.4 is 5.32 Å². The van der Waals surface area contributed by atoms with Crippen LogP contribution in [0.2, 0.25) is 5.02 Å². The summed E-state index contributed by atoms with van der Waals surface area (Å²) in [5.74, 6) is 5.26. The number of anilines is 2. The van der Waals surface area contributed by atoms with Gasteiger partial charge < -0.3 is 10.4 Å². The van der Waals surface area contributed by atoms with Crippen LogP contribution in [0.3, 0.4) is 0 Å². The maximum absolute atomic E-state index is 11.2. The van der Waals surface area contributed by atoms with Crippen LogP contribution >= 0.6 is 22.9 Å². The first-order valence-corrected chi connectivity index (χ1v) is 13.3. The third-order valence-electron chi connectivity index (χ3n) is 9.64. The number of nitrogens with one attached hydrogen (secondary N) is 1. The Balaban J connectivity index is 1.33. The van der Waals surface area contributed by atoms with E-state index >= 15 is 0 Å². The average Bonchev–Trinajstić information content (AvgIpc) is 3.31. The van der Waals surface area contributed by atoms with Crippen molar-refractivity contribution in [1.29, 1.82) is 0 Å². The lowest BCUT2D eigenvalue weighted by Crippen LogP contribution is -2.53. The quantitative estimate of drug-likeness (QED) is 0.484. The number of nitrogens with zero attached hydrogens (tertiary/aromatic N) is 2. The van der Waals surface area contributed by atoms with Crippen molar-refractivity contribution in [2.75, 3.05) is 5.32 Å². The zero-order valence-corrected chi connectivity index (χ0v) is 20.8. The number of allylic oxidation sites excluding steroid dienone is 2. The first-order chi connectivity index (χ1) is 15.8. The molecule has 0 aliphatic heterocycles. The number of aromatic nitrogens is 2. The third kappa shape index (κ3) is 3.00. The van der Waals surface area contributed by atoms with E-state index in [4.69, 9.17) is 23.0 Å². The monoisotopic (exact) mass is 479 g/mol. The molecule has 2 heterocycles. The van der Waals surface area contributed by atoms with Gasteiger partial charge >= 0.3 is 0 Å². The summed E-state index contributed by atoms with van der Waals surface area (Å²) in [6, 6.07) is 3.60. The number of pyridine rings is 1. The summed E-state index contributed by atoms with van der Waals surface area (Å²) < 4.78 is 0. The normalized spacial score (nSPS) is 38.9. The first-order valence-electron chi connectivity index (χ1n) is 12.1. The number of rotatable bonds is 2. The smallest absolute Gasteiger partial charge is 0.189 e. The van der Waals surface area contributed by atoms with E-state index in [0.29, 0.717) is 22.8 Å². The average molecular weight is 480 g/mol. The fraction of sp³-hybridized carbons (Fsp3) is 0.556. The molecule has 6 atom stereocenters. The van der Waals surface area contributed by atoms with E-state index in [1.807, 2.05) is 6.07 Å². The molecule has 2 aromatic heterocycles. The predicted octanol–water partition coefficient (Wildman–Crippen LogP) is 6.48. The second-order valence-electron chi connectivity index (χ2n) is 10.9. The fourth-order valence-electron chi connectivity index (χ4n) is 7.77. The SMILES string of the molecule is C#C[C@]1(O)CC[C@H]2[C@@H]3CC=C4c5sc(Nc6cc(Cl)ccn6)nc5CC[C@]4(C)[C@H]3CC[C@@]21C. The number of hydrogen-bond donors (Lipinski definition) is 2. The van der Waals surface area contributed by atoms with Gasteiger partial charge in [-0.05, 0) is 85.8 Å². The molecule has 2 N–H and O–H groups in total. The van der Waals surface area contributed by atoms with Crippen LogP contribution in [0.4, 0.5) is 10.9 Å². The second-order valence-corrected chi connectivity index (χ2v) is 12.4. The molecule has 0 aromatic carbocycles. The van der Waals surface area contributed by atoms with E-state index in [1.54, 1.807) is 23.6 Å². The highest BCUT2D eigenvalue weighted by Gasteiger charge is 2.63. The van der Waals surface area contributed by atoms with Gasteiger partial charge in [-0.3, -0.25) is 0 Å². The molecule has 2 aromatic rings. The Kier molecular flexibility index (Phi) is 4.80. The van der Waals surface area contributed by atoms with E-state index < -0.39 is 5.60 Å². The lowest BCUT2D eigenvalue weighted by atomic mass is 9.47. The minimum absolute atomic E-state index is 0.157. The minimum atomic E-state index is -0.945. The van der Waals surface area contributed by atoms with Crippen LogP contribution in [-0.4, -0.2) is 20.7 Å². The second kappa shape index (κ2) is 7.31. The third-order valence-corrected chi connectivity index (χ3v) is 10.9. The summed E-state index contributed by atoms with van der Waals surface area (Å²) in [5, 5.41) is 16.1. The Hall–Kier alpha value is -1.87. The Bertz CT molecular complexity index is 1200. The zero-order valence-electron chi connectivity index (χ0n) is 19.2. The van der Waals surface area contributed by atoms with E-state index in [0.717, 1.165) is 55.9 Å². The van der Waals surface area contributed by atoms with Crippen molar-refractivity contribution < 1.29 is 5.11 Å². The molecule has 4 aliphatic rings. The molecule has 6 rings (SSSR count). The molecule has 0 amide bonds. The molecule has 6 heteroatoms. The molecule has 172 valence electrons. The molecular weight excluding hydrogens is 450 g/mol. The van der Waals surface area contributed by atoms with E-state index in [9.17, 15) is 5.11 Å². The van der Waals surface area contributed by atoms with Gasteiger partial charge in [0.25, 0.3) is 0 Å². The number of halogens is 1. The van der Waals surface area contributed by atoms with Gasteiger partial charge in [0, 0.05) is 16.6 Å². The molecule has 0 bridgehead atoms. The van der Waals surface area contributed by atoms with Crippen molar-refractivity contribution in [2.45, 2.75) is 64.4 Å². The molecule has 2 fully saturated rings. The van der Waals surface area contributed by atoms with Crippen LogP contribution in [-0.2, 0) is 6.42 Å². The van der Waals surface area contributed by atoms with Crippen LogP contribution in [0, 0.1) is 40.9 Å². The molecule has 0 spiro atoms. The molecule has 4 nitrogen and oxygen atoms in total. The number of terminal acetylenes is 1. The number of hydrogen-bond acceptors (Lipinski definition) is 5. The Morgan fingerprint density at radius 3 is 2.85 bits per heavy atom. The summed E-state index contributed by atoms with van der Waals surface area (Å²) in [7, 11) is 0. The van der Waals surface area contributed by atoms with Gasteiger partial charge in [0.05, 0.1) is 10.6 Å². The molecular formula is C27H30ClN3OS. The molecule has 33 heavy (non-hydrogen) atoms. The van der Waals surface area contributed by atoms with E-state index in [-0.39, 0.29) is 10.8 Å². The highest BCUT2D eigenvalue weighted by Crippen LogP contribution is 2.68. The fourth-order valence-corrected chi connectivity index (χ4v) is 9.12. The molecule has 0 radical (unpaired) electrons. The summed E-state index contributed by atoms with van der Waals surface area (Å²) in [4.78, 5) is 10.6. The number of aryl methyl sites for hydroxylation is 1. The molecule has 0 saturated heterocycles. The van der Waals surface area contributed by atoms with Crippen molar-refractivity contribution in [3.05, 3.63) is 40.0 Å². The lowest BCUT2D eigenvalue weighted by Gasteiger charge is -2.57. The van der Waals surface area contributed by atoms with Crippen molar-refractivity contribution in [3.8, 4) is 12.3 Å². The summed E-state index contributed by atoms with van der Waals surface area (Å²) in [6.45, 7) is 4.74. The Morgan fingerprint density at radius 1 is 1.24 bits per heavy atom. The van der Waals surface area contributed by atoms with Crippen LogP contribution in [0.5, 0.6) is 0 Å². The zero-order chi connectivity index (χ0) is 23.0. The van der Waals surface area contributed by atoms with Gasteiger partial charge in [0.2, 0.25) is 0 Å². The maximum Gasteiger partial charge on any atom is 0.189 e. The summed E-state index contributed by atoms with van der Waals surface area (Å²) in [5.41, 5.74) is 1.75. The van der Waals surface area contributed by atoms with Crippen molar-refractivity contribution in [3.63, 3.8) is 0 Å². The molecule has 4 aliphatic carbocycles. The van der Waals surface area contributed by atoms with Gasteiger partial charge in [0.1, 0.15) is 11.4 Å². The van der Waals surface area contributed by atoms with Crippen LogP contribution in [0.15, 0.2) is 24.4 Å². The minimum Gasteiger partial charge on any atom is -0.377 e. The van der Waals surface area contributed by atoms with Gasteiger partial charge in [-0.2, -0.15) is 0 Å². The molecule has 2 saturated carbocycles. The maximum atomic E-state index is 11.2. The Labute approximate surface area is 204 Å². The lowest BCUT2D eigenvalue weighted by molar-refractivity contribution is -0.0886. The molecule has 0 unspecified atom stereocenters. The van der Waals surface area contributed by atoms with Crippen molar-refractivity contribution in [1.82, 2.24) is 9.97 Å². The van der Waals surface area contributed by atoms with Gasteiger partial charge in [-0.25, -0.2) is 9.97 Å². The van der Waals surface area contributed by atoms with Crippen LogP contribution in [0.1, 0.15) is 62.9 Å². The van der Waals surface area contributed by atoms with Gasteiger partial charge in [0.15, 0.2) is 5.13 Å². The highest BCUT2D eigenvalue weighted by molar-refractivity contribution is 7.16. The summed E-state index contributed by atoms with van der Waals surface area (Å²) >= 11 is 7.87. The van der Waals surface area contributed by atoms with Crippen LogP contribution in [0.25, 0.3) is 5.57 Å². The standard InChI is InChI=1S/C27H30ClN3OS/c1-4-27(32)13-8-19-17-5-6-20-23-21(9-11-25(20,2)18(17)7-12-26(19,27)3)30-24(33-23)31-22-15-16(28)10-14-29-22/h1,6,10,14-15,17-19,32H,5,7-9,11-13H2,2-3H3,(H,29,30,31)/t17-,18+,19+,25-,26+,27+/m1/s1. The van der Waals surface area contributed by atoms with Gasteiger partial charge in [-0.15, -0.1) is 6.42 Å². The highest BCUT2D eigenvalue weighted by atomic mass is 35.5. The van der Waals surface area contributed by atoms with Gasteiger partial charge in [-0.1, -0.05) is 48.8 Å².